The molecular formula is C22H36N4O3. The molecule has 7 nitrogen and oxygen atoms in total. The Morgan fingerprint density at radius 2 is 1.86 bits per heavy atom. The van der Waals surface area contributed by atoms with Gasteiger partial charge in [-0.3, -0.25) is 4.79 Å². The van der Waals surface area contributed by atoms with Crippen molar-refractivity contribution in [3.8, 4) is 5.75 Å². The van der Waals surface area contributed by atoms with Gasteiger partial charge in [0.2, 0.25) is 5.91 Å². The average Bonchev–Trinajstić information content (AvgIpc) is 2.70. The third-order valence-corrected chi connectivity index (χ3v) is 4.79. The van der Waals surface area contributed by atoms with E-state index in [1.807, 2.05) is 45.0 Å². The molecule has 1 atom stereocenters. The van der Waals surface area contributed by atoms with Crippen LogP contribution in [0.25, 0.3) is 0 Å². The molecule has 7 heteroatoms. The van der Waals surface area contributed by atoms with Gasteiger partial charge < -0.3 is 25.8 Å². The smallest absolute Gasteiger partial charge is 0.242 e. The molecule has 0 aliphatic heterocycles. The third kappa shape index (κ3) is 8.73. The van der Waals surface area contributed by atoms with Gasteiger partial charge in [0, 0.05) is 19.1 Å². The van der Waals surface area contributed by atoms with E-state index in [4.69, 9.17) is 4.74 Å². The Hall–Kier alpha value is -2.28. The summed E-state index contributed by atoms with van der Waals surface area (Å²) in [7, 11) is 0. The van der Waals surface area contributed by atoms with Crippen molar-refractivity contribution in [2.45, 2.75) is 71.1 Å². The van der Waals surface area contributed by atoms with Crippen LogP contribution in [0.5, 0.6) is 5.75 Å². The molecule has 2 rings (SSSR count). The number of carbonyl (C=O) groups excluding carboxylic acids is 1. The first-order valence-corrected chi connectivity index (χ1v) is 10.7. The Labute approximate surface area is 174 Å². The fraction of sp³-hybridized carbons (Fsp3) is 0.636. The second-order valence-corrected chi connectivity index (χ2v) is 7.73. The lowest BCUT2D eigenvalue weighted by atomic mass is 9.95. The van der Waals surface area contributed by atoms with Crippen molar-refractivity contribution >= 4 is 11.9 Å². The van der Waals surface area contributed by atoms with Crippen LogP contribution in [0.1, 0.15) is 64.5 Å². The topological polar surface area (TPSA) is 95.0 Å². The van der Waals surface area contributed by atoms with Gasteiger partial charge in [-0.05, 0) is 51.3 Å². The fourth-order valence-corrected chi connectivity index (χ4v) is 3.36. The summed E-state index contributed by atoms with van der Waals surface area (Å²) in [4.78, 5) is 16.5. The van der Waals surface area contributed by atoms with Crippen LogP contribution < -0.4 is 20.7 Å². The van der Waals surface area contributed by atoms with E-state index in [2.05, 4.69) is 20.9 Å². The molecule has 1 aliphatic rings. The summed E-state index contributed by atoms with van der Waals surface area (Å²) in [5.74, 6) is 1.24. The number of nitrogens with one attached hydrogen (secondary N) is 3. The minimum atomic E-state index is -0.692. The van der Waals surface area contributed by atoms with Crippen LogP contribution in [0, 0.1) is 0 Å². The number of hydrogen-bond donors (Lipinski definition) is 4. The van der Waals surface area contributed by atoms with Gasteiger partial charge in [0.25, 0.3) is 0 Å². The maximum Gasteiger partial charge on any atom is 0.242 e. The number of carbonyl (C=O) groups is 1. The maximum absolute atomic E-state index is 12.2. The van der Waals surface area contributed by atoms with E-state index in [9.17, 15) is 9.90 Å². The van der Waals surface area contributed by atoms with E-state index in [-0.39, 0.29) is 24.6 Å². The molecule has 29 heavy (non-hydrogen) atoms. The molecule has 4 N–H and O–H groups in total. The van der Waals surface area contributed by atoms with E-state index in [1.165, 1.54) is 19.3 Å². The quantitative estimate of drug-likeness (QED) is 0.375. The van der Waals surface area contributed by atoms with Gasteiger partial charge in [-0.15, -0.1) is 0 Å². The first kappa shape index (κ1) is 23.0. The Bertz CT molecular complexity index is 640. The number of aliphatic imine (C=N–C) groups is 1. The summed E-state index contributed by atoms with van der Waals surface area (Å²) >= 11 is 0. The molecular weight excluding hydrogens is 368 g/mol. The van der Waals surface area contributed by atoms with Crippen LogP contribution in [0.4, 0.5) is 0 Å². The molecule has 0 saturated heterocycles. The molecule has 0 radical (unpaired) electrons. The van der Waals surface area contributed by atoms with Crippen LogP contribution in [-0.2, 0) is 4.79 Å². The third-order valence-electron chi connectivity index (χ3n) is 4.79. The van der Waals surface area contributed by atoms with E-state index in [0.29, 0.717) is 19.0 Å². The number of benzene rings is 1. The van der Waals surface area contributed by atoms with Crippen molar-refractivity contribution in [1.82, 2.24) is 16.0 Å². The van der Waals surface area contributed by atoms with E-state index < -0.39 is 6.10 Å². The highest BCUT2D eigenvalue weighted by atomic mass is 16.5. The number of aliphatic hydroxyl groups is 1. The summed E-state index contributed by atoms with van der Waals surface area (Å²) in [6.07, 6.45) is 5.16. The maximum atomic E-state index is 12.2. The van der Waals surface area contributed by atoms with Crippen LogP contribution in [0.2, 0.25) is 0 Å². The summed E-state index contributed by atoms with van der Waals surface area (Å²) in [5.41, 5.74) is 0.791. The molecule has 1 aromatic carbocycles. The van der Waals surface area contributed by atoms with E-state index in [1.54, 1.807) is 0 Å². The summed E-state index contributed by atoms with van der Waals surface area (Å²) in [5, 5.41) is 19.7. The van der Waals surface area contributed by atoms with Gasteiger partial charge in [0.05, 0.1) is 12.2 Å². The van der Waals surface area contributed by atoms with Gasteiger partial charge in [0.1, 0.15) is 12.3 Å². The zero-order valence-electron chi connectivity index (χ0n) is 17.9. The Balaban J connectivity index is 1.82. The highest BCUT2D eigenvalue weighted by molar-refractivity contribution is 5.85. The fourth-order valence-electron chi connectivity index (χ4n) is 3.36. The Kier molecular flexibility index (Phi) is 9.77. The molecule has 1 aromatic rings. The molecule has 1 fully saturated rings. The monoisotopic (exact) mass is 404 g/mol. The molecule has 1 aliphatic carbocycles. The molecule has 1 amide bonds. The Morgan fingerprint density at radius 1 is 1.17 bits per heavy atom. The predicted molar refractivity (Wildman–Crippen MR) is 116 cm³/mol. The van der Waals surface area contributed by atoms with Gasteiger partial charge in [-0.2, -0.15) is 0 Å². The lowest BCUT2D eigenvalue weighted by Gasteiger charge is -2.22. The van der Waals surface area contributed by atoms with Crippen molar-refractivity contribution in [3.05, 3.63) is 29.8 Å². The van der Waals surface area contributed by atoms with Gasteiger partial charge >= 0.3 is 0 Å². The number of ether oxygens (including phenoxy) is 1. The van der Waals surface area contributed by atoms with Crippen molar-refractivity contribution < 1.29 is 14.6 Å². The molecule has 0 bridgehead atoms. The Morgan fingerprint density at radius 3 is 2.48 bits per heavy atom. The molecule has 0 spiro atoms. The predicted octanol–water partition coefficient (Wildman–Crippen LogP) is 2.51. The second kappa shape index (κ2) is 12.3. The molecule has 1 unspecified atom stereocenters. The number of nitrogens with zero attached hydrogens (tertiary/aromatic N) is 1. The van der Waals surface area contributed by atoms with Gasteiger partial charge in [0.15, 0.2) is 5.96 Å². The molecule has 162 valence electrons. The summed E-state index contributed by atoms with van der Waals surface area (Å²) in [6.45, 7) is 6.95. The molecule has 1 saturated carbocycles. The summed E-state index contributed by atoms with van der Waals surface area (Å²) < 4.78 is 5.62. The van der Waals surface area contributed by atoms with Crippen molar-refractivity contribution in [3.63, 3.8) is 0 Å². The minimum Gasteiger partial charge on any atom is -0.491 e. The van der Waals surface area contributed by atoms with Gasteiger partial charge in [-0.25, -0.2) is 4.99 Å². The van der Waals surface area contributed by atoms with Crippen molar-refractivity contribution in [1.29, 1.82) is 0 Å². The average molecular weight is 405 g/mol. The van der Waals surface area contributed by atoms with E-state index in [0.717, 1.165) is 24.2 Å². The second-order valence-electron chi connectivity index (χ2n) is 7.73. The number of hydrogen-bond acceptors (Lipinski definition) is 4. The first-order valence-electron chi connectivity index (χ1n) is 10.7. The number of aliphatic hydroxyl groups excluding tert-OH is 1. The zero-order valence-corrected chi connectivity index (χ0v) is 17.9. The lowest BCUT2D eigenvalue weighted by molar-refractivity contribution is -0.120. The van der Waals surface area contributed by atoms with Crippen LogP contribution in [0.15, 0.2) is 29.3 Å². The SMILES string of the molecule is CCNC(=NCC(=O)NC1CCCCC1)NCC(O)c1ccc(OC(C)C)cc1. The standard InChI is InChI=1S/C22H36N4O3/c1-4-23-22(25-15-21(28)26-18-8-6-5-7-9-18)24-14-20(27)17-10-12-19(13-11-17)29-16(2)3/h10-13,16,18,20,27H,4-9,14-15H2,1-3H3,(H,26,28)(H2,23,24,25). The normalized spacial score (nSPS) is 16.4. The molecule has 0 heterocycles. The van der Waals surface area contributed by atoms with Crippen LogP contribution in [-0.4, -0.2) is 48.8 Å². The van der Waals surface area contributed by atoms with Crippen molar-refractivity contribution in [2.24, 2.45) is 4.99 Å². The largest absolute Gasteiger partial charge is 0.491 e. The minimum absolute atomic E-state index is 0.0598. The molecule has 0 aromatic heterocycles. The van der Waals surface area contributed by atoms with Crippen LogP contribution >= 0.6 is 0 Å². The zero-order chi connectivity index (χ0) is 21.1. The van der Waals surface area contributed by atoms with Gasteiger partial charge in [-0.1, -0.05) is 31.4 Å². The first-order chi connectivity index (χ1) is 14.0. The number of rotatable bonds is 9. The van der Waals surface area contributed by atoms with Crippen LogP contribution in [0.3, 0.4) is 0 Å². The lowest BCUT2D eigenvalue weighted by Crippen LogP contribution is -2.41. The highest BCUT2D eigenvalue weighted by Crippen LogP contribution is 2.18. The number of guanidine groups is 1. The number of amides is 1. The van der Waals surface area contributed by atoms with Crippen molar-refractivity contribution in [2.75, 3.05) is 19.6 Å². The summed E-state index contributed by atoms with van der Waals surface area (Å²) in [6, 6.07) is 7.70. The van der Waals surface area contributed by atoms with E-state index >= 15 is 0 Å². The highest BCUT2D eigenvalue weighted by Gasteiger charge is 2.15.